The van der Waals surface area contributed by atoms with Gasteiger partial charge >= 0.3 is 6.18 Å². The second-order valence-corrected chi connectivity index (χ2v) is 7.46. The molecular weight excluding hydrogens is 456 g/mol. The summed E-state index contributed by atoms with van der Waals surface area (Å²) in [5.41, 5.74) is -0.883. The van der Waals surface area contributed by atoms with Gasteiger partial charge in [-0.25, -0.2) is 8.96 Å². The molecule has 0 unspecified atom stereocenters. The maximum Gasteiger partial charge on any atom is 0.417 e. The molecule has 0 amide bonds. The van der Waals surface area contributed by atoms with Gasteiger partial charge in [-0.15, -0.1) is 7.77 Å². The third kappa shape index (κ3) is 3.85. The zero-order valence-electron chi connectivity index (χ0n) is 15.2. The van der Waals surface area contributed by atoms with Gasteiger partial charge in [0.25, 0.3) is 0 Å². The fourth-order valence-electron chi connectivity index (χ4n) is 3.17. The van der Waals surface area contributed by atoms with Gasteiger partial charge in [-0.05, 0) is 24.3 Å². The van der Waals surface area contributed by atoms with Crippen LogP contribution in [0.15, 0.2) is 54.7 Å². The number of aromatic nitrogens is 3. The Bertz CT molecular complexity index is 1300. The van der Waals surface area contributed by atoms with Crippen LogP contribution in [0.1, 0.15) is 21.5 Å². The van der Waals surface area contributed by atoms with E-state index in [0.717, 1.165) is 26.3 Å². The summed E-state index contributed by atoms with van der Waals surface area (Å²) < 4.78 is 69.2. The van der Waals surface area contributed by atoms with Gasteiger partial charge in [-0.3, -0.25) is 8.77 Å². The van der Waals surface area contributed by atoms with Crippen LogP contribution >= 0.6 is 24.7 Å². The SMILES string of the molecule is [B]c1ccc2nc(-c3cc(C(=O)c4ccccc4C(F)(F)F)cn3SF)n(SF)c2c1. The van der Waals surface area contributed by atoms with Gasteiger partial charge < -0.3 is 0 Å². The second kappa shape index (κ2) is 8.08. The minimum Gasteiger partial charge on any atom is -0.289 e. The molecule has 4 aromatic rings. The van der Waals surface area contributed by atoms with Gasteiger partial charge in [0.15, 0.2) is 36.3 Å². The molecule has 2 aromatic carbocycles. The summed E-state index contributed by atoms with van der Waals surface area (Å²) in [6.07, 6.45) is -3.71. The number of alkyl halides is 3. The summed E-state index contributed by atoms with van der Waals surface area (Å²) in [6.45, 7) is 0. The third-order valence-electron chi connectivity index (χ3n) is 4.53. The van der Waals surface area contributed by atoms with Crippen molar-refractivity contribution in [3.63, 3.8) is 0 Å². The van der Waals surface area contributed by atoms with E-state index in [9.17, 15) is 25.7 Å². The van der Waals surface area contributed by atoms with Crippen LogP contribution < -0.4 is 5.46 Å². The number of rotatable bonds is 5. The molecule has 2 radical (unpaired) electrons. The molecule has 0 aliphatic rings. The molecule has 0 spiro atoms. The zero-order chi connectivity index (χ0) is 22.3. The number of halogens is 5. The Balaban J connectivity index is 1.86. The number of benzene rings is 2. The van der Waals surface area contributed by atoms with E-state index in [2.05, 4.69) is 4.98 Å². The quantitative estimate of drug-likeness (QED) is 0.228. The van der Waals surface area contributed by atoms with E-state index < -0.39 is 23.1 Å². The number of imidazole rings is 1. The van der Waals surface area contributed by atoms with Gasteiger partial charge in [0.1, 0.15) is 7.85 Å². The summed E-state index contributed by atoms with van der Waals surface area (Å²) >= 11 is -0.508. The molecular formula is C19H9BF5N3OS2. The highest BCUT2D eigenvalue weighted by Crippen LogP contribution is 2.36. The van der Waals surface area contributed by atoms with Crippen molar-refractivity contribution in [1.29, 1.82) is 0 Å². The van der Waals surface area contributed by atoms with E-state index in [1.54, 1.807) is 12.1 Å². The molecule has 4 rings (SSSR count). The minimum atomic E-state index is -4.74. The topological polar surface area (TPSA) is 39.8 Å². The van der Waals surface area contributed by atoms with Crippen LogP contribution in [0, 0.1) is 0 Å². The van der Waals surface area contributed by atoms with Crippen molar-refractivity contribution >= 4 is 54.8 Å². The summed E-state index contributed by atoms with van der Waals surface area (Å²) in [4.78, 5) is 17.1. The van der Waals surface area contributed by atoms with Crippen LogP contribution in [0.2, 0.25) is 0 Å². The molecule has 156 valence electrons. The molecule has 0 saturated carbocycles. The standard InChI is InChI=1S/C19H9BF5N3OS2/c20-11-5-6-14-15(8-11)28(31-25)18(26-14)16-7-10(9-27(16)30-24)17(29)12-3-1-2-4-13(12)19(21,22)23/h1-9H. The van der Waals surface area contributed by atoms with Crippen molar-refractivity contribution in [3.05, 3.63) is 71.4 Å². The lowest BCUT2D eigenvalue weighted by molar-refractivity contribution is -0.137. The number of ketones is 1. The van der Waals surface area contributed by atoms with Crippen LogP contribution in [0.4, 0.5) is 20.9 Å². The molecule has 0 atom stereocenters. The van der Waals surface area contributed by atoms with Crippen LogP contribution in [0.3, 0.4) is 0 Å². The van der Waals surface area contributed by atoms with Crippen molar-refractivity contribution in [2.24, 2.45) is 0 Å². The fourth-order valence-corrected chi connectivity index (χ4v) is 3.96. The van der Waals surface area contributed by atoms with E-state index in [-0.39, 0.29) is 41.7 Å². The first-order valence-electron chi connectivity index (χ1n) is 8.54. The van der Waals surface area contributed by atoms with Gasteiger partial charge in [-0.2, -0.15) is 13.2 Å². The van der Waals surface area contributed by atoms with Crippen molar-refractivity contribution < 1.29 is 25.7 Å². The van der Waals surface area contributed by atoms with E-state index >= 15 is 0 Å². The second-order valence-electron chi connectivity index (χ2n) is 6.43. The van der Waals surface area contributed by atoms with Crippen LogP contribution in [0.25, 0.3) is 22.6 Å². The molecule has 2 aromatic heterocycles. The Morgan fingerprint density at radius 2 is 1.77 bits per heavy atom. The molecule has 12 heteroatoms. The first-order chi connectivity index (χ1) is 14.7. The first-order valence-corrected chi connectivity index (χ1v) is 9.89. The summed E-state index contributed by atoms with van der Waals surface area (Å²) in [5, 5.41) is 0. The zero-order valence-corrected chi connectivity index (χ0v) is 16.9. The maximum absolute atomic E-state index is 13.7. The predicted octanol–water partition coefficient (Wildman–Crippen LogP) is 5.31. The maximum atomic E-state index is 13.7. The lowest BCUT2D eigenvalue weighted by atomic mass is 9.96. The number of hydrogen-bond donors (Lipinski definition) is 0. The first kappa shape index (κ1) is 21.5. The minimum absolute atomic E-state index is 0.0136. The van der Waals surface area contributed by atoms with Crippen molar-refractivity contribution in [3.8, 4) is 11.5 Å². The Kier molecular flexibility index (Phi) is 5.61. The highest BCUT2D eigenvalue weighted by atomic mass is 32.2. The van der Waals surface area contributed by atoms with E-state index in [1.165, 1.54) is 24.3 Å². The molecule has 0 N–H and O–H groups in total. The van der Waals surface area contributed by atoms with Crippen LogP contribution in [0.5, 0.6) is 0 Å². The highest BCUT2D eigenvalue weighted by molar-refractivity contribution is 7.93. The molecule has 0 fully saturated rings. The van der Waals surface area contributed by atoms with E-state index in [0.29, 0.717) is 16.5 Å². The predicted molar refractivity (Wildman–Crippen MR) is 112 cm³/mol. The Labute approximate surface area is 182 Å². The highest BCUT2D eigenvalue weighted by Gasteiger charge is 2.35. The lowest BCUT2D eigenvalue weighted by Crippen LogP contribution is -2.13. The van der Waals surface area contributed by atoms with Gasteiger partial charge in [-0.1, -0.05) is 29.7 Å². The molecule has 31 heavy (non-hydrogen) atoms. The number of carbonyl (C=O) groups is 1. The van der Waals surface area contributed by atoms with Crippen molar-refractivity contribution in [2.75, 3.05) is 0 Å². The third-order valence-corrected chi connectivity index (χ3v) is 5.49. The molecule has 0 bridgehead atoms. The smallest absolute Gasteiger partial charge is 0.289 e. The number of nitrogens with zero attached hydrogens (tertiary/aromatic N) is 3. The van der Waals surface area contributed by atoms with Crippen LogP contribution in [-0.2, 0) is 6.18 Å². The Morgan fingerprint density at radius 1 is 1.03 bits per heavy atom. The van der Waals surface area contributed by atoms with Crippen molar-refractivity contribution in [1.82, 2.24) is 12.9 Å². The molecule has 4 nitrogen and oxygen atoms in total. The molecule has 0 saturated heterocycles. The molecule has 2 heterocycles. The number of carbonyl (C=O) groups excluding carboxylic acids is 1. The van der Waals surface area contributed by atoms with Crippen LogP contribution in [-0.4, -0.2) is 26.6 Å². The van der Waals surface area contributed by atoms with E-state index in [4.69, 9.17) is 7.85 Å². The lowest BCUT2D eigenvalue weighted by Gasteiger charge is -2.10. The van der Waals surface area contributed by atoms with E-state index in [1.807, 2.05) is 0 Å². The molecule has 0 aliphatic carbocycles. The van der Waals surface area contributed by atoms with Gasteiger partial charge in [0.05, 0.1) is 22.3 Å². The normalized spacial score (nSPS) is 11.9. The number of fused-ring (bicyclic) bond motifs is 1. The molecule has 0 aliphatic heterocycles. The number of hydrogen-bond acceptors (Lipinski definition) is 4. The Hall–Kier alpha value is -2.73. The largest absolute Gasteiger partial charge is 0.417 e. The summed E-state index contributed by atoms with van der Waals surface area (Å²) in [7, 11) is 5.73. The average Bonchev–Trinajstić information content (AvgIpc) is 3.33. The average molecular weight is 465 g/mol. The van der Waals surface area contributed by atoms with Gasteiger partial charge in [0, 0.05) is 17.3 Å². The monoisotopic (exact) mass is 465 g/mol. The van der Waals surface area contributed by atoms with Gasteiger partial charge in [0.2, 0.25) is 0 Å². The summed E-state index contributed by atoms with van der Waals surface area (Å²) in [6, 6.07) is 10.0. The Morgan fingerprint density at radius 3 is 2.45 bits per heavy atom. The van der Waals surface area contributed by atoms with Crippen molar-refractivity contribution in [2.45, 2.75) is 6.18 Å². The fraction of sp³-hybridized carbons (Fsp3) is 0.0526. The summed E-state index contributed by atoms with van der Waals surface area (Å²) in [5.74, 6) is -0.997.